The molecule has 1 fully saturated rings. The number of rotatable bonds is 4. The van der Waals surface area contributed by atoms with Crippen molar-refractivity contribution in [1.29, 1.82) is 5.26 Å². The molecule has 1 aromatic rings. The number of hydrogen-bond acceptors (Lipinski definition) is 3. The van der Waals surface area contributed by atoms with E-state index in [1.807, 2.05) is 12.1 Å². The molecule has 0 bridgehead atoms. The highest BCUT2D eigenvalue weighted by molar-refractivity contribution is 5.34. The predicted molar refractivity (Wildman–Crippen MR) is 76.1 cm³/mol. The maximum Gasteiger partial charge on any atom is 0.119 e. The zero-order valence-electron chi connectivity index (χ0n) is 11.9. The molecule has 1 saturated heterocycles. The Kier molecular flexibility index (Phi) is 4.44. The van der Waals surface area contributed by atoms with E-state index in [-0.39, 0.29) is 0 Å². The van der Waals surface area contributed by atoms with Gasteiger partial charge in [-0.25, -0.2) is 0 Å². The third-order valence-electron chi connectivity index (χ3n) is 3.87. The number of piperidine rings is 1. The Hall–Kier alpha value is -1.53. The van der Waals surface area contributed by atoms with Crippen molar-refractivity contribution < 1.29 is 4.74 Å². The summed E-state index contributed by atoms with van der Waals surface area (Å²) in [5, 5.41) is 8.72. The van der Waals surface area contributed by atoms with E-state index in [1.165, 1.54) is 25.9 Å². The van der Waals surface area contributed by atoms with Gasteiger partial charge in [-0.05, 0) is 55.6 Å². The molecule has 3 nitrogen and oxygen atoms in total. The second-order valence-electron chi connectivity index (χ2n) is 5.99. The Labute approximate surface area is 115 Å². The van der Waals surface area contributed by atoms with Crippen molar-refractivity contribution in [2.75, 3.05) is 26.2 Å². The van der Waals surface area contributed by atoms with Gasteiger partial charge in [-0.15, -0.1) is 0 Å². The SMILES string of the molecule is CC1(C)CCN(CCOc2ccc(C#N)cc2)CC1. The van der Waals surface area contributed by atoms with E-state index in [4.69, 9.17) is 10.00 Å². The number of ether oxygens (including phenoxy) is 1. The largest absolute Gasteiger partial charge is 0.492 e. The molecular formula is C16H22N2O. The molecule has 1 aliphatic rings. The van der Waals surface area contributed by atoms with Crippen LogP contribution in [0.1, 0.15) is 32.3 Å². The minimum atomic E-state index is 0.504. The van der Waals surface area contributed by atoms with Crippen molar-refractivity contribution in [3.8, 4) is 11.8 Å². The number of benzene rings is 1. The van der Waals surface area contributed by atoms with Crippen LogP contribution in [0.4, 0.5) is 0 Å². The Bertz CT molecular complexity index is 435. The maximum absolute atomic E-state index is 8.72. The van der Waals surface area contributed by atoms with Crippen LogP contribution in [0.3, 0.4) is 0 Å². The number of nitrogens with zero attached hydrogens (tertiary/aromatic N) is 2. The van der Waals surface area contributed by atoms with Crippen LogP contribution >= 0.6 is 0 Å². The Morgan fingerprint density at radius 1 is 1.21 bits per heavy atom. The molecule has 0 atom stereocenters. The van der Waals surface area contributed by atoms with Crippen LogP contribution < -0.4 is 4.74 Å². The molecule has 1 aliphatic heterocycles. The first kappa shape index (κ1) is 13.9. The quantitative estimate of drug-likeness (QED) is 0.832. The second kappa shape index (κ2) is 6.08. The highest BCUT2D eigenvalue weighted by atomic mass is 16.5. The zero-order valence-corrected chi connectivity index (χ0v) is 11.9. The molecule has 1 heterocycles. The highest BCUT2D eigenvalue weighted by Gasteiger charge is 2.24. The van der Waals surface area contributed by atoms with Crippen LogP contribution in [-0.4, -0.2) is 31.1 Å². The molecule has 2 rings (SSSR count). The average molecular weight is 258 g/mol. The fourth-order valence-corrected chi connectivity index (χ4v) is 2.30. The summed E-state index contributed by atoms with van der Waals surface area (Å²) in [5.41, 5.74) is 1.18. The molecule has 3 heteroatoms. The summed E-state index contributed by atoms with van der Waals surface area (Å²) in [5.74, 6) is 0.844. The number of hydrogen-bond donors (Lipinski definition) is 0. The third-order valence-corrected chi connectivity index (χ3v) is 3.87. The number of nitriles is 1. The first-order valence-corrected chi connectivity index (χ1v) is 6.94. The predicted octanol–water partition coefficient (Wildman–Crippen LogP) is 3.06. The van der Waals surface area contributed by atoms with E-state index in [2.05, 4.69) is 24.8 Å². The van der Waals surface area contributed by atoms with Crippen LogP contribution in [0.2, 0.25) is 0 Å². The van der Waals surface area contributed by atoms with Crippen molar-refractivity contribution in [2.45, 2.75) is 26.7 Å². The van der Waals surface area contributed by atoms with Crippen LogP contribution in [0.15, 0.2) is 24.3 Å². The van der Waals surface area contributed by atoms with E-state index in [1.54, 1.807) is 12.1 Å². The summed E-state index contributed by atoms with van der Waals surface area (Å²) in [6.45, 7) is 8.73. The lowest BCUT2D eigenvalue weighted by molar-refractivity contribution is 0.116. The van der Waals surface area contributed by atoms with E-state index in [0.717, 1.165) is 12.3 Å². The number of likely N-dealkylation sites (tertiary alicyclic amines) is 1. The molecular weight excluding hydrogens is 236 g/mol. The van der Waals surface area contributed by atoms with E-state index >= 15 is 0 Å². The molecule has 1 aromatic carbocycles. The lowest BCUT2D eigenvalue weighted by atomic mass is 9.83. The van der Waals surface area contributed by atoms with Gasteiger partial charge in [-0.3, -0.25) is 4.90 Å². The van der Waals surface area contributed by atoms with Crippen molar-refractivity contribution >= 4 is 0 Å². The monoisotopic (exact) mass is 258 g/mol. The average Bonchev–Trinajstić information content (AvgIpc) is 2.41. The van der Waals surface area contributed by atoms with Gasteiger partial charge >= 0.3 is 0 Å². The van der Waals surface area contributed by atoms with Gasteiger partial charge in [-0.1, -0.05) is 13.8 Å². The van der Waals surface area contributed by atoms with Gasteiger partial charge in [0, 0.05) is 6.54 Å². The lowest BCUT2D eigenvalue weighted by Gasteiger charge is -2.36. The molecule has 0 aromatic heterocycles. The van der Waals surface area contributed by atoms with Gasteiger partial charge in [0.25, 0.3) is 0 Å². The summed E-state index contributed by atoms with van der Waals surface area (Å²) in [7, 11) is 0. The fourth-order valence-electron chi connectivity index (χ4n) is 2.30. The molecule has 0 unspecified atom stereocenters. The lowest BCUT2D eigenvalue weighted by Crippen LogP contribution is -2.39. The van der Waals surface area contributed by atoms with Crippen molar-refractivity contribution in [3.63, 3.8) is 0 Å². The van der Waals surface area contributed by atoms with E-state index < -0.39 is 0 Å². The molecule has 102 valence electrons. The van der Waals surface area contributed by atoms with Gasteiger partial charge in [0.2, 0.25) is 0 Å². The highest BCUT2D eigenvalue weighted by Crippen LogP contribution is 2.29. The summed E-state index contributed by atoms with van der Waals surface area (Å²) in [6, 6.07) is 9.40. The maximum atomic E-state index is 8.72. The Balaban J connectivity index is 1.70. The molecule has 0 radical (unpaired) electrons. The van der Waals surface area contributed by atoms with Crippen molar-refractivity contribution in [1.82, 2.24) is 4.90 Å². The standard InChI is InChI=1S/C16H22N2O/c1-16(2)7-9-18(10-8-16)11-12-19-15-5-3-14(13-17)4-6-15/h3-6H,7-12H2,1-2H3. The first-order valence-electron chi connectivity index (χ1n) is 6.94. The van der Waals surface area contributed by atoms with Crippen molar-refractivity contribution in [2.24, 2.45) is 5.41 Å². The van der Waals surface area contributed by atoms with Crippen LogP contribution in [0.25, 0.3) is 0 Å². The Morgan fingerprint density at radius 3 is 2.42 bits per heavy atom. The van der Waals surface area contributed by atoms with E-state index in [0.29, 0.717) is 17.6 Å². The minimum absolute atomic E-state index is 0.504. The van der Waals surface area contributed by atoms with Crippen molar-refractivity contribution in [3.05, 3.63) is 29.8 Å². The second-order valence-corrected chi connectivity index (χ2v) is 5.99. The van der Waals surface area contributed by atoms with Gasteiger partial charge in [-0.2, -0.15) is 5.26 Å². The molecule has 19 heavy (non-hydrogen) atoms. The summed E-state index contributed by atoms with van der Waals surface area (Å²) in [6.07, 6.45) is 2.54. The molecule has 0 amide bonds. The van der Waals surface area contributed by atoms with Crippen LogP contribution in [0, 0.1) is 16.7 Å². The van der Waals surface area contributed by atoms with Gasteiger partial charge in [0.15, 0.2) is 0 Å². The minimum Gasteiger partial charge on any atom is -0.492 e. The van der Waals surface area contributed by atoms with E-state index in [9.17, 15) is 0 Å². The smallest absolute Gasteiger partial charge is 0.119 e. The van der Waals surface area contributed by atoms with Crippen LogP contribution in [-0.2, 0) is 0 Å². The molecule has 0 N–H and O–H groups in total. The normalized spacial score (nSPS) is 18.8. The summed E-state index contributed by atoms with van der Waals surface area (Å²) in [4.78, 5) is 2.47. The van der Waals surface area contributed by atoms with Gasteiger partial charge in [0.05, 0.1) is 11.6 Å². The topological polar surface area (TPSA) is 36.3 Å². The third kappa shape index (κ3) is 4.25. The first-order chi connectivity index (χ1) is 9.09. The molecule has 0 saturated carbocycles. The van der Waals surface area contributed by atoms with Gasteiger partial charge in [0.1, 0.15) is 12.4 Å². The Morgan fingerprint density at radius 2 is 1.84 bits per heavy atom. The molecule has 0 aliphatic carbocycles. The summed E-state index contributed by atoms with van der Waals surface area (Å²) < 4.78 is 5.71. The zero-order chi connectivity index (χ0) is 13.7. The summed E-state index contributed by atoms with van der Waals surface area (Å²) >= 11 is 0. The fraction of sp³-hybridized carbons (Fsp3) is 0.562. The van der Waals surface area contributed by atoms with Crippen LogP contribution in [0.5, 0.6) is 5.75 Å². The molecule has 0 spiro atoms. The van der Waals surface area contributed by atoms with Gasteiger partial charge < -0.3 is 4.74 Å².